The van der Waals surface area contributed by atoms with E-state index in [0.717, 1.165) is 5.56 Å². The molecule has 3 heterocycles. The van der Waals surface area contributed by atoms with Crippen molar-refractivity contribution in [3.05, 3.63) is 60.2 Å². The number of ether oxygens (including phenoxy) is 2. The molecule has 2 aromatic rings. The number of benzene rings is 2. The minimum atomic E-state index is -1.19. The number of hydrogen-bond donors (Lipinski definition) is 3. The normalized spacial score (nSPS) is 30.2. The molecule has 5 rings (SSSR count). The van der Waals surface area contributed by atoms with Crippen LogP contribution in [0.15, 0.2) is 54.6 Å². The van der Waals surface area contributed by atoms with Crippen LogP contribution in [0.25, 0.3) is 0 Å². The number of amides is 3. The largest absolute Gasteiger partial charge is 0.497 e. The van der Waals surface area contributed by atoms with Crippen LogP contribution in [-0.2, 0) is 25.7 Å². The number of rotatable bonds is 9. The fourth-order valence-corrected chi connectivity index (χ4v) is 7.20. The monoisotopic (exact) mass is 585 g/mol. The molecule has 10 heteroatoms. The van der Waals surface area contributed by atoms with Crippen molar-refractivity contribution in [2.45, 2.75) is 54.9 Å². The van der Waals surface area contributed by atoms with Gasteiger partial charge < -0.3 is 30.1 Å². The lowest BCUT2D eigenvalue weighted by atomic mass is 9.70. The molecule has 7 atom stereocenters. The molecule has 3 saturated heterocycles. The zero-order valence-corrected chi connectivity index (χ0v) is 22.9. The summed E-state index contributed by atoms with van der Waals surface area (Å²) < 4.78 is 11.7. The van der Waals surface area contributed by atoms with Crippen molar-refractivity contribution >= 4 is 39.3 Å². The molecule has 3 unspecified atom stereocenters. The van der Waals surface area contributed by atoms with Crippen molar-refractivity contribution in [3.8, 4) is 5.75 Å². The Hall–Kier alpha value is -2.95. The third-order valence-corrected chi connectivity index (χ3v) is 8.87. The lowest BCUT2D eigenvalue weighted by Crippen LogP contribution is -2.56. The zero-order valence-electron chi connectivity index (χ0n) is 21.3. The second-order valence-corrected chi connectivity index (χ2v) is 11.3. The summed E-state index contributed by atoms with van der Waals surface area (Å²) in [7, 11) is 1.56. The van der Waals surface area contributed by atoms with Crippen molar-refractivity contribution in [3.63, 3.8) is 0 Å². The quantitative estimate of drug-likeness (QED) is 0.389. The molecule has 38 heavy (non-hydrogen) atoms. The van der Waals surface area contributed by atoms with Crippen molar-refractivity contribution < 1.29 is 29.0 Å². The molecule has 0 saturated carbocycles. The number of methoxy groups -OCH3 is 1. The predicted molar refractivity (Wildman–Crippen MR) is 144 cm³/mol. The summed E-state index contributed by atoms with van der Waals surface area (Å²) in [6.07, 6.45) is 0.297. The fourth-order valence-electron chi connectivity index (χ4n) is 6.26. The number of alkyl halides is 1. The summed E-state index contributed by atoms with van der Waals surface area (Å²) in [6.45, 7) is 1.88. The molecule has 3 fully saturated rings. The highest BCUT2D eigenvalue weighted by Crippen LogP contribution is 2.60. The highest BCUT2D eigenvalue weighted by atomic mass is 79.9. The first-order valence-corrected chi connectivity index (χ1v) is 13.8. The van der Waals surface area contributed by atoms with Gasteiger partial charge in [-0.1, -0.05) is 53.2 Å². The fraction of sp³-hybridized carbons (Fsp3) is 0.464. The topological polar surface area (TPSA) is 117 Å². The van der Waals surface area contributed by atoms with Gasteiger partial charge in [-0.3, -0.25) is 14.4 Å². The van der Waals surface area contributed by atoms with Crippen molar-refractivity contribution in [1.29, 1.82) is 0 Å². The summed E-state index contributed by atoms with van der Waals surface area (Å²) in [5.74, 6) is -1.97. The lowest BCUT2D eigenvalue weighted by molar-refractivity contribution is -0.144. The van der Waals surface area contributed by atoms with E-state index in [1.165, 1.54) is 4.90 Å². The number of likely N-dealkylation sites (tertiary alicyclic amines) is 1. The van der Waals surface area contributed by atoms with E-state index in [-0.39, 0.29) is 23.2 Å². The zero-order chi connectivity index (χ0) is 27.0. The first kappa shape index (κ1) is 26.6. The lowest BCUT2D eigenvalue weighted by Gasteiger charge is -2.36. The molecule has 0 aromatic heterocycles. The molecule has 3 amide bonds. The molecule has 2 aromatic carbocycles. The number of fused-ring (bicyclic) bond motifs is 1. The van der Waals surface area contributed by atoms with Gasteiger partial charge in [-0.15, -0.1) is 0 Å². The second-order valence-electron chi connectivity index (χ2n) is 10.1. The third-order valence-electron chi connectivity index (χ3n) is 8.02. The number of nitrogens with zero attached hydrogens (tertiary/aromatic N) is 1. The van der Waals surface area contributed by atoms with Crippen LogP contribution in [0, 0.1) is 11.8 Å². The molecule has 2 bridgehead atoms. The van der Waals surface area contributed by atoms with Crippen LogP contribution in [0.4, 0.5) is 5.69 Å². The summed E-state index contributed by atoms with van der Waals surface area (Å²) in [4.78, 5) is 42.7. The SMILES string of the molecule is CC[C@@H](CO)N1C(=O)[C@@H]2[C@@H](C(=O)NCc3ccccc3)[C@@H]3OC2(CC3Br)C1C(=O)Nc1ccc(OC)cc1. The van der Waals surface area contributed by atoms with E-state index in [1.54, 1.807) is 31.4 Å². The number of hydrogen-bond acceptors (Lipinski definition) is 6. The van der Waals surface area contributed by atoms with Gasteiger partial charge in [0.2, 0.25) is 17.7 Å². The van der Waals surface area contributed by atoms with Gasteiger partial charge in [-0.25, -0.2) is 0 Å². The molecule has 1 spiro atoms. The molecule has 9 nitrogen and oxygen atoms in total. The van der Waals surface area contributed by atoms with Crippen molar-refractivity contribution in [2.75, 3.05) is 19.0 Å². The van der Waals surface area contributed by atoms with Crippen LogP contribution >= 0.6 is 15.9 Å². The van der Waals surface area contributed by atoms with Gasteiger partial charge in [0.1, 0.15) is 17.4 Å². The van der Waals surface area contributed by atoms with E-state index >= 15 is 0 Å². The maximum atomic E-state index is 14.0. The number of anilines is 1. The van der Waals surface area contributed by atoms with E-state index < -0.39 is 41.5 Å². The molecule has 3 N–H and O–H groups in total. The van der Waals surface area contributed by atoms with Crippen LogP contribution < -0.4 is 15.4 Å². The number of carbonyl (C=O) groups is 3. The smallest absolute Gasteiger partial charge is 0.250 e. The van der Waals surface area contributed by atoms with Gasteiger partial charge in [0, 0.05) is 17.1 Å². The average Bonchev–Trinajstić information content (AvgIpc) is 3.52. The average molecular weight is 586 g/mol. The Labute approximate surface area is 230 Å². The number of halogens is 1. The van der Waals surface area contributed by atoms with Gasteiger partial charge in [0.15, 0.2) is 0 Å². The highest BCUT2D eigenvalue weighted by molar-refractivity contribution is 9.09. The number of aliphatic hydroxyl groups is 1. The number of aliphatic hydroxyl groups excluding tert-OH is 1. The molecular formula is C28H32BrN3O6. The molecule has 3 aliphatic heterocycles. The van der Waals surface area contributed by atoms with Crippen LogP contribution in [0.2, 0.25) is 0 Å². The first-order chi connectivity index (χ1) is 18.3. The molecule has 202 valence electrons. The Morgan fingerprint density at radius 3 is 2.53 bits per heavy atom. The standard InChI is InChI=1S/C28H32BrN3O6/c1-3-18(15-33)32-24(26(35)31-17-9-11-19(37-2)12-10-17)28-13-20(29)23(38-28)21(22(28)27(32)36)25(34)30-14-16-7-5-4-6-8-16/h4-12,18,20-24,33H,3,13-15H2,1-2H3,(H,30,34)(H,31,35)/t18-,20?,21+,22-,23+,24?,28?/m0/s1. The summed E-state index contributed by atoms with van der Waals surface area (Å²) in [5.41, 5.74) is 0.293. The molecular weight excluding hydrogens is 554 g/mol. The molecule has 0 radical (unpaired) electrons. The van der Waals surface area contributed by atoms with Crippen molar-refractivity contribution in [2.24, 2.45) is 11.8 Å². The van der Waals surface area contributed by atoms with Crippen LogP contribution in [0.5, 0.6) is 5.75 Å². The first-order valence-electron chi connectivity index (χ1n) is 12.9. The third kappa shape index (κ3) is 4.38. The Bertz CT molecular complexity index is 1190. The minimum Gasteiger partial charge on any atom is -0.497 e. The maximum absolute atomic E-state index is 14.0. The maximum Gasteiger partial charge on any atom is 0.250 e. The van der Waals surface area contributed by atoms with Crippen molar-refractivity contribution in [1.82, 2.24) is 10.2 Å². The van der Waals surface area contributed by atoms with Gasteiger partial charge in [0.25, 0.3) is 0 Å². The summed E-state index contributed by atoms with van der Waals surface area (Å²) in [6, 6.07) is 14.9. The predicted octanol–water partition coefficient (Wildman–Crippen LogP) is 2.47. The molecule has 3 aliphatic rings. The Kier molecular flexibility index (Phi) is 7.48. The van der Waals surface area contributed by atoms with Gasteiger partial charge in [0.05, 0.1) is 37.7 Å². The van der Waals surface area contributed by atoms with E-state index in [9.17, 15) is 19.5 Å². The Morgan fingerprint density at radius 1 is 1.18 bits per heavy atom. The van der Waals surface area contributed by atoms with Gasteiger partial charge in [-0.2, -0.15) is 0 Å². The van der Waals surface area contributed by atoms with Gasteiger partial charge in [-0.05, 0) is 42.7 Å². The van der Waals surface area contributed by atoms with Crippen LogP contribution in [0.1, 0.15) is 25.3 Å². The van der Waals surface area contributed by atoms with E-state index in [0.29, 0.717) is 30.8 Å². The Balaban J connectivity index is 1.46. The van der Waals surface area contributed by atoms with E-state index in [4.69, 9.17) is 9.47 Å². The number of nitrogens with one attached hydrogen (secondary N) is 2. The van der Waals surface area contributed by atoms with Crippen LogP contribution in [-0.4, -0.2) is 70.1 Å². The summed E-state index contributed by atoms with van der Waals surface area (Å²) >= 11 is 3.67. The second kappa shape index (κ2) is 10.7. The van der Waals surface area contributed by atoms with Crippen LogP contribution in [0.3, 0.4) is 0 Å². The summed E-state index contributed by atoms with van der Waals surface area (Å²) in [5, 5.41) is 16.0. The van der Waals surface area contributed by atoms with Gasteiger partial charge >= 0.3 is 0 Å². The molecule has 0 aliphatic carbocycles. The Morgan fingerprint density at radius 2 is 1.89 bits per heavy atom. The number of carbonyl (C=O) groups excluding carboxylic acids is 3. The minimum absolute atomic E-state index is 0.204. The van der Waals surface area contributed by atoms with E-state index in [2.05, 4.69) is 26.6 Å². The van der Waals surface area contributed by atoms with E-state index in [1.807, 2.05) is 37.3 Å². The highest BCUT2D eigenvalue weighted by Gasteiger charge is 2.76.